The molecule has 0 saturated heterocycles. The molecule has 2 aliphatic carbocycles. The van der Waals surface area contributed by atoms with Gasteiger partial charge in [-0.15, -0.1) is 22.7 Å². The van der Waals surface area contributed by atoms with Gasteiger partial charge < -0.3 is 19.5 Å². The standard InChI is InChI=1S/C23H27NO5S2/c1-3-28-18(25)13-29-20-19-16(30-22(20)23(26)27-2)11-15-9-10-17(31-21(15)19)24-12-14-7-5-4-6-8-14/h9-11,14,24H,3-8,12-13H2,1-2H3. The number of fused-ring (bicyclic) bond motifs is 3. The Kier molecular flexibility index (Phi) is 6.97. The molecule has 4 rings (SSSR count). The Balaban J connectivity index is 1.65. The summed E-state index contributed by atoms with van der Waals surface area (Å²) >= 11 is 2.97. The molecule has 31 heavy (non-hydrogen) atoms. The highest BCUT2D eigenvalue weighted by atomic mass is 32.1. The summed E-state index contributed by atoms with van der Waals surface area (Å²) in [5.41, 5.74) is 1.09. The number of esters is 2. The molecule has 8 heteroatoms. The van der Waals surface area contributed by atoms with Gasteiger partial charge in [0.15, 0.2) is 17.2 Å². The molecule has 0 unspecified atom stereocenters. The smallest absolute Gasteiger partial charge is 0.351 e. The molecular formula is C23H27NO5S2. The molecule has 0 aromatic carbocycles. The van der Waals surface area contributed by atoms with E-state index in [0.717, 1.165) is 38.0 Å². The summed E-state index contributed by atoms with van der Waals surface area (Å²) in [6, 6.07) is 6.26. The van der Waals surface area contributed by atoms with Crippen molar-refractivity contribution in [3.8, 4) is 16.2 Å². The molecule has 1 saturated carbocycles. The Labute approximate surface area is 189 Å². The van der Waals surface area contributed by atoms with Crippen LogP contribution in [0.15, 0.2) is 18.2 Å². The number of carbonyl (C=O) groups is 2. The summed E-state index contributed by atoms with van der Waals surface area (Å²) in [5.74, 6) is 0.194. The van der Waals surface area contributed by atoms with Crippen LogP contribution in [0.25, 0.3) is 20.5 Å². The van der Waals surface area contributed by atoms with Crippen LogP contribution in [0, 0.1) is 5.92 Å². The topological polar surface area (TPSA) is 73.9 Å². The van der Waals surface area contributed by atoms with Crippen molar-refractivity contribution in [3.05, 3.63) is 23.1 Å². The number of anilines is 1. The number of ether oxygens (including phenoxy) is 3. The molecular weight excluding hydrogens is 434 g/mol. The van der Waals surface area contributed by atoms with Crippen molar-refractivity contribution in [2.75, 3.05) is 32.2 Å². The van der Waals surface area contributed by atoms with Crippen molar-refractivity contribution < 1.29 is 23.8 Å². The van der Waals surface area contributed by atoms with Crippen LogP contribution in [0.2, 0.25) is 0 Å². The Morgan fingerprint density at radius 2 is 1.97 bits per heavy atom. The van der Waals surface area contributed by atoms with Crippen molar-refractivity contribution >= 4 is 49.7 Å². The third-order valence-corrected chi connectivity index (χ3v) is 7.84. The molecule has 0 spiro atoms. The molecule has 0 radical (unpaired) electrons. The number of hydrogen-bond acceptors (Lipinski definition) is 8. The van der Waals surface area contributed by atoms with E-state index in [1.807, 2.05) is 0 Å². The Morgan fingerprint density at radius 3 is 2.71 bits per heavy atom. The minimum absolute atomic E-state index is 0.249. The van der Waals surface area contributed by atoms with Crippen LogP contribution in [-0.4, -0.2) is 38.8 Å². The van der Waals surface area contributed by atoms with Crippen LogP contribution in [-0.2, 0) is 14.3 Å². The SMILES string of the molecule is CCOC(=O)COc1c(C(=O)OC)sc2cc3ccc(NCC4CCCCC4)sc-3c12. The summed E-state index contributed by atoms with van der Waals surface area (Å²) in [5, 5.41) is 5.55. The third-order valence-electron chi connectivity index (χ3n) is 5.59. The summed E-state index contributed by atoms with van der Waals surface area (Å²) in [4.78, 5) is 25.6. The second kappa shape index (κ2) is 9.87. The van der Waals surface area contributed by atoms with E-state index in [-0.39, 0.29) is 13.2 Å². The van der Waals surface area contributed by atoms with Gasteiger partial charge in [-0.05, 0) is 43.4 Å². The van der Waals surface area contributed by atoms with Crippen molar-refractivity contribution in [2.24, 2.45) is 5.92 Å². The average Bonchev–Trinajstić information content (AvgIpc) is 3.32. The molecule has 166 valence electrons. The summed E-state index contributed by atoms with van der Waals surface area (Å²) in [7, 11) is 1.34. The lowest BCUT2D eigenvalue weighted by Crippen LogP contribution is -2.16. The molecule has 0 atom stereocenters. The van der Waals surface area contributed by atoms with Gasteiger partial charge >= 0.3 is 11.9 Å². The fourth-order valence-electron chi connectivity index (χ4n) is 4.07. The maximum atomic E-state index is 12.3. The second-order valence-electron chi connectivity index (χ2n) is 7.70. The zero-order valence-electron chi connectivity index (χ0n) is 17.8. The first kappa shape index (κ1) is 21.9. The number of nitrogens with one attached hydrogen (secondary N) is 1. The Bertz CT molecular complexity index is 1030. The van der Waals surface area contributed by atoms with E-state index in [0.29, 0.717) is 10.6 Å². The van der Waals surface area contributed by atoms with Gasteiger partial charge in [0.2, 0.25) is 0 Å². The number of thiophene rings is 1. The zero-order valence-corrected chi connectivity index (χ0v) is 19.5. The quantitative estimate of drug-likeness (QED) is 0.428. The van der Waals surface area contributed by atoms with Gasteiger partial charge in [0.25, 0.3) is 0 Å². The van der Waals surface area contributed by atoms with Crippen LogP contribution in [0.3, 0.4) is 0 Å². The summed E-state index contributed by atoms with van der Waals surface area (Å²) in [6.07, 6.45) is 6.58. The number of rotatable bonds is 8. The molecule has 2 heterocycles. The molecule has 3 aliphatic rings. The van der Waals surface area contributed by atoms with Gasteiger partial charge in [0, 0.05) is 16.1 Å². The lowest BCUT2D eigenvalue weighted by Gasteiger charge is -2.22. The lowest BCUT2D eigenvalue weighted by molar-refractivity contribution is -0.145. The number of methoxy groups -OCH3 is 1. The van der Waals surface area contributed by atoms with Crippen molar-refractivity contribution in [3.63, 3.8) is 0 Å². The fourth-order valence-corrected chi connectivity index (χ4v) is 6.32. The van der Waals surface area contributed by atoms with E-state index in [2.05, 4.69) is 23.5 Å². The Morgan fingerprint density at radius 1 is 1.16 bits per heavy atom. The van der Waals surface area contributed by atoms with Gasteiger partial charge in [-0.3, -0.25) is 0 Å². The number of hydrogen-bond donors (Lipinski definition) is 1. The van der Waals surface area contributed by atoms with E-state index >= 15 is 0 Å². The molecule has 1 aromatic heterocycles. The largest absolute Gasteiger partial charge is 0.479 e. The van der Waals surface area contributed by atoms with Gasteiger partial charge in [0.05, 0.1) is 24.1 Å². The predicted molar refractivity (Wildman–Crippen MR) is 125 cm³/mol. The molecule has 1 aliphatic heterocycles. The molecule has 1 N–H and O–H groups in total. The zero-order chi connectivity index (χ0) is 21.8. The fraction of sp³-hybridized carbons (Fsp3) is 0.478. The van der Waals surface area contributed by atoms with Gasteiger partial charge in [0.1, 0.15) is 0 Å². The predicted octanol–water partition coefficient (Wildman–Crippen LogP) is 5.79. The molecule has 1 aromatic rings. The van der Waals surface area contributed by atoms with E-state index in [1.165, 1.54) is 50.6 Å². The van der Waals surface area contributed by atoms with E-state index in [4.69, 9.17) is 14.2 Å². The molecule has 6 nitrogen and oxygen atoms in total. The van der Waals surface area contributed by atoms with E-state index < -0.39 is 11.9 Å². The van der Waals surface area contributed by atoms with Crippen LogP contribution >= 0.6 is 22.7 Å². The van der Waals surface area contributed by atoms with Gasteiger partial charge in [-0.25, -0.2) is 9.59 Å². The van der Waals surface area contributed by atoms with Gasteiger partial charge in [-0.2, -0.15) is 0 Å². The first-order chi connectivity index (χ1) is 15.1. The van der Waals surface area contributed by atoms with Crippen LogP contribution < -0.4 is 10.1 Å². The molecule has 0 amide bonds. The molecule has 1 fully saturated rings. The maximum Gasteiger partial charge on any atom is 0.351 e. The minimum Gasteiger partial charge on any atom is -0.479 e. The van der Waals surface area contributed by atoms with Crippen LogP contribution in [0.5, 0.6) is 5.75 Å². The van der Waals surface area contributed by atoms with Crippen molar-refractivity contribution in [2.45, 2.75) is 39.0 Å². The Hall–Kier alpha value is -2.32. The van der Waals surface area contributed by atoms with Crippen molar-refractivity contribution in [1.29, 1.82) is 0 Å². The summed E-state index contributed by atoms with van der Waals surface area (Å²) < 4.78 is 16.7. The lowest BCUT2D eigenvalue weighted by atomic mass is 9.89. The highest BCUT2D eigenvalue weighted by Gasteiger charge is 2.27. The minimum atomic E-state index is -0.468. The van der Waals surface area contributed by atoms with Crippen LogP contribution in [0.4, 0.5) is 5.00 Å². The maximum absolute atomic E-state index is 12.3. The van der Waals surface area contributed by atoms with E-state index in [9.17, 15) is 9.59 Å². The monoisotopic (exact) mass is 461 g/mol. The summed E-state index contributed by atoms with van der Waals surface area (Å²) in [6.45, 7) is 2.76. The first-order valence-electron chi connectivity index (χ1n) is 10.7. The molecule has 0 bridgehead atoms. The number of carbonyl (C=O) groups excluding carboxylic acids is 2. The van der Waals surface area contributed by atoms with E-state index in [1.54, 1.807) is 18.3 Å². The first-order valence-corrected chi connectivity index (χ1v) is 12.3. The third kappa shape index (κ3) is 4.80. The average molecular weight is 462 g/mol. The van der Waals surface area contributed by atoms with Gasteiger partial charge in [-0.1, -0.05) is 25.3 Å². The second-order valence-corrected chi connectivity index (χ2v) is 9.80. The van der Waals surface area contributed by atoms with Crippen LogP contribution in [0.1, 0.15) is 48.7 Å². The normalized spacial score (nSPS) is 14.6. The van der Waals surface area contributed by atoms with Crippen molar-refractivity contribution in [1.82, 2.24) is 0 Å². The highest BCUT2D eigenvalue weighted by molar-refractivity contribution is 7.24. The highest BCUT2D eigenvalue weighted by Crippen LogP contribution is 2.50.